The van der Waals surface area contributed by atoms with Gasteiger partial charge in [0.1, 0.15) is 0 Å². The fourth-order valence-electron chi connectivity index (χ4n) is 3.36. The van der Waals surface area contributed by atoms with Crippen LogP contribution in [0.1, 0.15) is 55.6 Å². The first kappa shape index (κ1) is 18.5. The van der Waals surface area contributed by atoms with Gasteiger partial charge in [-0.25, -0.2) is 4.98 Å². The summed E-state index contributed by atoms with van der Waals surface area (Å²) in [6.45, 7) is 6.06. The number of imidazole rings is 1. The third-order valence-electron chi connectivity index (χ3n) is 4.98. The van der Waals surface area contributed by atoms with Gasteiger partial charge in [0.05, 0.1) is 22.6 Å². The van der Waals surface area contributed by atoms with E-state index in [0.717, 1.165) is 10.9 Å². The van der Waals surface area contributed by atoms with E-state index in [0.29, 0.717) is 17.3 Å². The number of rotatable bonds is 5. The van der Waals surface area contributed by atoms with Crippen LogP contribution in [0.4, 0.5) is 5.69 Å². The Morgan fingerprint density at radius 3 is 2.58 bits per heavy atom. The topological polar surface area (TPSA) is 70.7 Å². The quantitative estimate of drug-likeness (QED) is 0.783. The summed E-state index contributed by atoms with van der Waals surface area (Å²) >= 11 is 1.51. The number of hydrogen-bond donors (Lipinski definition) is 1. The third kappa shape index (κ3) is 3.94. The molecule has 6 heteroatoms. The zero-order valence-electron chi connectivity index (χ0n) is 15.5. The predicted octanol–water partition coefficient (Wildman–Crippen LogP) is 4.61. The van der Waals surface area contributed by atoms with Crippen molar-refractivity contribution in [1.29, 1.82) is 5.26 Å². The Morgan fingerprint density at radius 2 is 1.96 bits per heavy atom. The van der Waals surface area contributed by atoms with E-state index >= 15 is 0 Å². The average Bonchev–Trinajstić information content (AvgIpc) is 3.24. The second-order valence-corrected chi connectivity index (χ2v) is 8.12. The fourth-order valence-corrected chi connectivity index (χ4v) is 4.43. The van der Waals surface area contributed by atoms with Crippen molar-refractivity contribution in [3.63, 3.8) is 0 Å². The number of anilines is 1. The summed E-state index contributed by atoms with van der Waals surface area (Å²) in [6, 6.07) is 9.49. The van der Waals surface area contributed by atoms with Gasteiger partial charge in [-0.3, -0.25) is 4.79 Å². The Kier molecular flexibility index (Phi) is 5.67. The number of nitrogens with zero attached hydrogens (tertiary/aromatic N) is 3. The smallest absolute Gasteiger partial charge is 0.237 e. The van der Waals surface area contributed by atoms with Crippen molar-refractivity contribution < 1.29 is 4.79 Å². The first-order valence-corrected chi connectivity index (χ1v) is 9.90. The van der Waals surface area contributed by atoms with Gasteiger partial charge in [-0.15, -0.1) is 0 Å². The van der Waals surface area contributed by atoms with Crippen LogP contribution >= 0.6 is 11.8 Å². The number of carbonyl (C=O) groups is 1. The standard InChI is InChI=1S/C20H24N4OS/c1-13-14(2)24(18-6-4-5-7-18)20(22-13)26-15(3)19(25)23-17-10-8-16(12-21)9-11-17/h8-11,15,18H,4-7H2,1-3H3,(H,23,25)/t15-/m0/s1. The molecule has 0 unspecified atom stereocenters. The van der Waals surface area contributed by atoms with Crippen molar-refractivity contribution in [2.24, 2.45) is 0 Å². The number of aromatic nitrogens is 2. The number of hydrogen-bond acceptors (Lipinski definition) is 4. The number of benzene rings is 1. The molecule has 5 nitrogen and oxygen atoms in total. The zero-order valence-corrected chi connectivity index (χ0v) is 16.3. The van der Waals surface area contributed by atoms with Crippen LogP contribution in [0.2, 0.25) is 0 Å². The highest BCUT2D eigenvalue weighted by Crippen LogP contribution is 2.36. The van der Waals surface area contributed by atoms with Crippen molar-refractivity contribution in [1.82, 2.24) is 9.55 Å². The van der Waals surface area contributed by atoms with Crippen molar-refractivity contribution in [2.45, 2.75) is 62.9 Å². The second-order valence-electron chi connectivity index (χ2n) is 6.81. The van der Waals surface area contributed by atoms with Crippen LogP contribution in [0.3, 0.4) is 0 Å². The Balaban J connectivity index is 1.71. The Hall–Kier alpha value is -2.26. The molecule has 0 radical (unpaired) electrons. The molecule has 1 heterocycles. The molecule has 1 aliphatic carbocycles. The van der Waals surface area contributed by atoms with Crippen LogP contribution in [-0.4, -0.2) is 20.7 Å². The maximum atomic E-state index is 12.6. The zero-order chi connectivity index (χ0) is 18.7. The van der Waals surface area contributed by atoms with Crippen LogP contribution < -0.4 is 5.32 Å². The normalized spacial score (nSPS) is 15.6. The van der Waals surface area contributed by atoms with Gasteiger partial charge in [-0.05, 0) is 57.9 Å². The first-order valence-electron chi connectivity index (χ1n) is 9.02. The van der Waals surface area contributed by atoms with E-state index in [2.05, 4.69) is 22.9 Å². The minimum Gasteiger partial charge on any atom is -0.325 e. The molecule has 1 amide bonds. The molecule has 136 valence electrons. The minimum absolute atomic E-state index is 0.0593. The summed E-state index contributed by atoms with van der Waals surface area (Å²) in [6.07, 6.45) is 4.91. The molecule has 0 spiro atoms. The molecule has 1 N–H and O–H groups in total. The van der Waals surface area contributed by atoms with Gasteiger partial charge in [0.2, 0.25) is 5.91 Å². The monoisotopic (exact) mass is 368 g/mol. The summed E-state index contributed by atoms with van der Waals surface area (Å²) in [5, 5.41) is 12.5. The molecule has 0 bridgehead atoms. The highest BCUT2D eigenvalue weighted by atomic mass is 32.2. The number of nitrogens with one attached hydrogen (secondary N) is 1. The molecule has 1 aromatic heterocycles. The average molecular weight is 369 g/mol. The van der Waals surface area contributed by atoms with Crippen molar-refractivity contribution in [3.05, 3.63) is 41.2 Å². The Bertz CT molecular complexity index is 829. The largest absolute Gasteiger partial charge is 0.325 e. The molecule has 3 rings (SSSR count). The lowest BCUT2D eigenvalue weighted by molar-refractivity contribution is -0.115. The molecule has 0 aliphatic heterocycles. The van der Waals surface area contributed by atoms with E-state index in [4.69, 9.17) is 10.2 Å². The molecular weight excluding hydrogens is 344 g/mol. The van der Waals surface area contributed by atoms with Gasteiger partial charge in [-0.1, -0.05) is 24.6 Å². The Morgan fingerprint density at radius 1 is 1.31 bits per heavy atom. The van der Waals surface area contributed by atoms with Gasteiger partial charge in [0.15, 0.2) is 5.16 Å². The van der Waals surface area contributed by atoms with Gasteiger partial charge < -0.3 is 9.88 Å². The molecule has 2 aromatic rings. The van der Waals surface area contributed by atoms with E-state index in [9.17, 15) is 4.79 Å². The molecule has 1 saturated carbocycles. The molecule has 1 fully saturated rings. The highest BCUT2D eigenvalue weighted by molar-refractivity contribution is 8.00. The van der Waals surface area contributed by atoms with Crippen LogP contribution in [0.25, 0.3) is 0 Å². The second kappa shape index (κ2) is 7.96. The highest BCUT2D eigenvalue weighted by Gasteiger charge is 2.25. The maximum absolute atomic E-state index is 12.6. The first-order chi connectivity index (χ1) is 12.5. The lowest BCUT2D eigenvalue weighted by atomic mass is 10.2. The summed E-state index contributed by atoms with van der Waals surface area (Å²) in [5.41, 5.74) is 3.53. The minimum atomic E-state index is -0.257. The lowest BCUT2D eigenvalue weighted by Gasteiger charge is -2.18. The van der Waals surface area contributed by atoms with Crippen molar-refractivity contribution in [3.8, 4) is 6.07 Å². The molecule has 1 aromatic carbocycles. The molecule has 0 saturated heterocycles. The van der Waals surface area contributed by atoms with Gasteiger partial charge in [-0.2, -0.15) is 5.26 Å². The van der Waals surface area contributed by atoms with E-state index in [1.807, 2.05) is 13.8 Å². The molecular formula is C20H24N4OS. The number of carbonyl (C=O) groups excluding carboxylic acids is 1. The number of aryl methyl sites for hydroxylation is 1. The SMILES string of the molecule is Cc1nc(S[C@@H](C)C(=O)Nc2ccc(C#N)cc2)n(C2CCCC2)c1C. The maximum Gasteiger partial charge on any atom is 0.237 e. The molecule has 1 atom stereocenters. The summed E-state index contributed by atoms with van der Waals surface area (Å²) in [7, 11) is 0. The van der Waals surface area contributed by atoms with Crippen LogP contribution in [-0.2, 0) is 4.79 Å². The van der Waals surface area contributed by atoms with Crippen molar-refractivity contribution >= 4 is 23.4 Å². The van der Waals surface area contributed by atoms with Crippen LogP contribution in [0, 0.1) is 25.2 Å². The summed E-state index contributed by atoms with van der Waals surface area (Å²) < 4.78 is 2.33. The van der Waals surface area contributed by atoms with E-state index < -0.39 is 0 Å². The van der Waals surface area contributed by atoms with E-state index in [1.165, 1.54) is 43.1 Å². The van der Waals surface area contributed by atoms with Crippen LogP contribution in [0.5, 0.6) is 0 Å². The number of nitriles is 1. The summed E-state index contributed by atoms with van der Waals surface area (Å²) in [4.78, 5) is 17.3. The fraction of sp³-hybridized carbons (Fsp3) is 0.450. The lowest BCUT2D eigenvalue weighted by Crippen LogP contribution is -2.23. The third-order valence-corrected chi connectivity index (χ3v) is 6.04. The summed E-state index contributed by atoms with van der Waals surface area (Å²) in [5.74, 6) is -0.0593. The van der Waals surface area contributed by atoms with Gasteiger partial charge in [0.25, 0.3) is 0 Å². The van der Waals surface area contributed by atoms with Crippen molar-refractivity contribution in [2.75, 3.05) is 5.32 Å². The van der Waals surface area contributed by atoms with E-state index in [-0.39, 0.29) is 11.2 Å². The predicted molar refractivity (Wildman–Crippen MR) is 104 cm³/mol. The molecule has 1 aliphatic rings. The van der Waals surface area contributed by atoms with Crippen LogP contribution in [0.15, 0.2) is 29.4 Å². The van der Waals surface area contributed by atoms with E-state index in [1.54, 1.807) is 24.3 Å². The number of amides is 1. The Labute approximate surface area is 158 Å². The number of thioether (sulfide) groups is 1. The van der Waals surface area contributed by atoms with Gasteiger partial charge >= 0.3 is 0 Å². The molecule has 26 heavy (non-hydrogen) atoms. The van der Waals surface area contributed by atoms with Gasteiger partial charge in [0, 0.05) is 17.4 Å².